The predicted molar refractivity (Wildman–Crippen MR) is 67.2 cm³/mol. The lowest BCUT2D eigenvalue weighted by Gasteiger charge is -2.24. The summed E-state index contributed by atoms with van der Waals surface area (Å²) in [6, 6.07) is 3.15. The van der Waals surface area contributed by atoms with Crippen LogP contribution in [0.25, 0.3) is 0 Å². The van der Waals surface area contributed by atoms with E-state index in [2.05, 4.69) is 30.1 Å². The summed E-state index contributed by atoms with van der Waals surface area (Å²) in [4.78, 5) is 2.50. The highest BCUT2D eigenvalue weighted by atomic mass is 15.2. The molecule has 0 saturated heterocycles. The fourth-order valence-corrected chi connectivity index (χ4v) is 1.93. The van der Waals surface area contributed by atoms with Crippen molar-refractivity contribution in [2.75, 3.05) is 19.6 Å². The molecule has 0 aromatic heterocycles. The first-order chi connectivity index (χ1) is 7.81. The Morgan fingerprint density at radius 2 is 2.12 bits per heavy atom. The molecule has 0 aromatic carbocycles. The lowest BCUT2D eigenvalue weighted by molar-refractivity contribution is 0.244. The average molecular weight is 223 g/mol. The minimum atomic E-state index is 0.0115. The van der Waals surface area contributed by atoms with Gasteiger partial charge in [0, 0.05) is 12.6 Å². The third kappa shape index (κ3) is 4.96. The van der Waals surface area contributed by atoms with Gasteiger partial charge in [-0.1, -0.05) is 20.3 Å². The number of rotatable bonds is 9. The predicted octanol–water partition coefficient (Wildman–Crippen LogP) is 2.14. The molecule has 1 unspecified atom stereocenters. The molecule has 0 spiro atoms. The van der Waals surface area contributed by atoms with Crippen LogP contribution in [-0.4, -0.2) is 36.6 Å². The molecule has 1 N–H and O–H groups in total. The molecule has 92 valence electrons. The van der Waals surface area contributed by atoms with E-state index in [1.54, 1.807) is 0 Å². The molecule has 0 aromatic rings. The summed E-state index contributed by atoms with van der Waals surface area (Å²) >= 11 is 0. The Morgan fingerprint density at radius 1 is 1.38 bits per heavy atom. The first-order valence-corrected chi connectivity index (χ1v) is 6.68. The molecule has 1 aliphatic rings. The van der Waals surface area contributed by atoms with E-state index in [1.165, 1.54) is 25.7 Å². The monoisotopic (exact) mass is 223 g/mol. The molecular formula is C13H25N3. The van der Waals surface area contributed by atoms with Crippen LogP contribution in [0, 0.1) is 11.3 Å². The van der Waals surface area contributed by atoms with Crippen molar-refractivity contribution in [3.63, 3.8) is 0 Å². The minimum Gasteiger partial charge on any atom is -0.301 e. The average Bonchev–Trinajstić information content (AvgIpc) is 3.12. The molecular weight excluding hydrogens is 198 g/mol. The van der Waals surface area contributed by atoms with Gasteiger partial charge in [0.2, 0.25) is 0 Å². The molecule has 1 atom stereocenters. The Bertz CT molecular complexity index is 218. The lowest BCUT2D eigenvalue weighted by Crippen LogP contribution is -2.42. The molecule has 1 rings (SSSR count). The van der Waals surface area contributed by atoms with Gasteiger partial charge >= 0.3 is 0 Å². The van der Waals surface area contributed by atoms with Crippen molar-refractivity contribution in [3.05, 3.63) is 0 Å². The number of hydrogen-bond acceptors (Lipinski definition) is 3. The lowest BCUT2D eigenvalue weighted by atomic mass is 10.2. The molecule has 0 amide bonds. The molecule has 1 aliphatic carbocycles. The SMILES string of the molecule is CCCCN(CC(C#N)NCCC)C1CC1. The van der Waals surface area contributed by atoms with Gasteiger partial charge in [0.05, 0.1) is 6.07 Å². The quantitative estimate of drug-likeness (QED) is 0.651. The fraction of sp³-hybridized carbons (Fsp3) is 0.923. The highest BCUT2D eigenvalue weighted by Crippen LogP contribution is 2.27. The highest BCUT2D eigenvalue weighted by Gasteiger charge is 2.29. The van der Waals surface area contributed by atoms with Crippen LogP contribution in [0.15, 0.2) is 0 Å². The first-order valence-electron chi connectivity index (χ1n) is 6.68. The number of nitrogens with one attached hydrogen (secondary N) is 1. The van der Waals surface area contributed by atoms with Crippen molar-refractivity contribution < 1.29 is 0 Å². The van der Waals surface area contributed by atoms with Crippen LogP contribution >= 0.6 is 0 Å². The van der Waals surface area contributed by atoms with Crippen LogP contribution < -0.4 is 5.32 Å². The summed E-state index contributed by atoms with van der Waals surface area (Å²) in [5, 5.41) is 12.4. The molecule has 0 aliphatic heterocycles. The Morgan fingerprint density at radius 3 is 2.62 bits per heavy atom. The van der Waals surface area contributed by atoms with Crippen molar-refractivity contribution in [3.8, 4) is 6.07 Å². The standard InChI is InChI=1S/C13H25N3/c1-3-5-9-16(13-6-7-13)11-12(10-14)15-8-4-2/h12-13,15H,3-9,11H2,1-2H3. The summed E-state index contributed by atoms with van der Waals surface area (Å²) < 4.78 is 0. The first kappa shape index (κ1) is 13.5. The number of nitriles is 1. The van der Waals surface area contributed by atoms with E-state index in [-0.39, 0.29) is 6.04 Å². The molecule has 0 bridgehead atoms. The molecule has 0 heterocycles. The maximum absolute atomic E-state index is 9.09. The largest absolute Gasteiger partial charge is 0.301 e. The van der Waals surface area contributed by atoms with Gasteiger partial charge in [0.1, 0.15) is 6.04 Å². The van der Waals surface area contributed by atoms with Gasteiger partial charge in [-0.25, -0.2) is 0 Å². The highest BCUT2D eigenvalue weighted by molar-refractivity contribution is 4.95. The third-order valence-corrected chi connectivity index (χ3v) is 3.08. The van der Waals surface area contributed by atoms with Crippen LogP contribution in [0.3, 0.4) is 0 Å². The van der Waals surface area contributed by atoms with E-state index >= 15 is 0 Å². The van der Waals surface area contributed by atoms with Crippen molar-refractivity contribution in [1.82, 2.24) is 10.2 Å². The second kappa shape index (κ2) is 7.65. The zero-order valence-corrected chi connectivity index (χ0v) is 10.7. The van der Waals surface area contributed by atoms with Crippen LogP contribution in [0.2, 0.25) is 0 Å². The molecule has 0 radical (unpaired) electrons. The molecule has 1 saturated carbocycles. The van der Waals surface area contributed by atoms with Gasteiger partial charge < -0.3 is 5.32 Å². The minimum absolute atomic E-state index is 0.0115. The van der Waals surface area contributed by atoms with E-state index in [0.29, 0.717) is 0 Å². The van der Waals surface area contributed by atoms with Crippen LogP contribution in [0.5, 0.6) is 0 Å². The van der Waals surface area contributed by atoms with E-state index in [0.717, 1.165) is 32.1 Å². The van der Waals surface area contributed by atoms with E-state index in [1.807, 2.05) is 0 Å². The summed E-state index contributed by atoms with van der Waals surface area (Å²) in [6.45, 7) is 7.37. The zero-order chi connectivity index (χ0) is 11.8. The Kier molecular flexibility index (Phi) is 6.44. The van der Waals surface area contributed by atoms with Gasteiger partial charge in [-0.05, 0) is 38.8 Å². The zero-order valence-electron chi connectivity index (χ0n) is 10.7. The number of nitrogens with zero attached hydrogens (tertiary/aromatic N) is 2. The maximum atomic E-state index is 9.09. The molecule has 16 heavy (non-hydrogen) atoms. The van der Waals surface area contributed by atoms with Gasteiger partial charge in [0.15, 0.2) is 0 Å². The van der Waals surface area contributed by atoms with Crippen molar-refractivity contribution in [1.29, 1.82) is 5.26 Å². The fourth-order valence-electron chi connectivity index (χ4n) is 1.93. The van der Waals surface area contributed by atoms with Crippen molar-refractivity contribution in [2.45, 2.75) is 58.0 Å². The van der Waals surface area contributed by atoms with Crippen LogP contribution in [0.4, 0.5) is 0 Å². The summed E-state index contributed by atoms with van der Waals surface area (Å²) in [7, 11) is 0. The van der Waals surface area contributed by atoms with Crippen LogP contribution in [0.1, 0.15) is 46.0 Å². The Hall–Kier alpha value is -0.590. The topological polar surface area (TPSA) is 39.1 Å². The van der Waals surface area contributed by atoms with Crippen molar-refractivity contribution >= 4 is 0 Å². The second-order valence-corrected chi connectivity index (χ2v) is 4.72. The number of unbranched alkanes of at least 4 members (excludes halogenated alkanes) is 1. The van der Waals surface area contributed by atoms with Crippen LogP contribution in [-0.2, 0) is 0 Å². The number of hydrogen-bond donors (Lipinski definition) is 1. The molecule has 3 nitrogen and oxygen atoms in total. The molecule has 3 heteroatoms. The van der Waals surface area contributed by atoms with E-state index in [4.69, 9.17) is 5.26 Å². The normalized spacial score (nSPS) is 17.4. The van der Waals surface area contributed by atoms with Gasteiger partial charge in [0.25, 0.3) is 0 Å². The second-order valence-electron chi connectivity index (χ2n) is 4.72. The van der Waals surface area contributed by atoms with Gasteiger partial charge in [-0.2, -0.15) is 5.26 Å². The van der Waals surface area contributed by atoms with E-state index in [9.17, 15) is 0 Å². The van der Waals surface area contributed by atoms with Gasteiger partial charge in [-0.15, -0.1) is 0 Å². The molecule has 1 fully saturated rings. The van der Waals surface area contributed by atoms with E-state index < -0.39 is 0 Å². The Balaban J connectivity index is 2.30. The van der Waals surface area contributed by atoms with Crippen molar-refractivity contribution in [2.24, 2.45) is 0 Å². The summed E-state index contributed by atoms with van der Waals surface area (Å²) in [5.74, 6) is 0. The summed E-state index contributed by atoms with van der Waals surface area (Å²) in [6.07, 6.45) is 6.24. The third-order valence-electron chi connectivity index (χ3n) is 3.08. The smallest absolute Gasteiger partial charge is 0.108 e. The maximum Gasteiger partial charge on any atom is 0.108 e. The summed E-state index contributed by atoms with van der Waals surface area (Å²) in [5.41, 5.74) is 0. The van der Waals surface area contributed by atoms with Gasteiger partial charge in [-0.3, -0.25) is 4.90 Å². The Labute approximate surface area is 99.8 Å².